The first-order valence-corrected chi connectivity index (χ1v) is 9.12. The van der Waals surface area contributed by atoms with Crippen molar-refractivity contribution in [2.45, 2.75) is 26.2 Å². The quantitative estimate of drug-likeness (QED) is 0.789. The highest BCUT2D eigenvalue weighted by atomic mass is 35.5. The maximum atomic E-state index is 12.8. The van der Waals surface area contributed by atoms with Gasteiger partial charge in [0.05, 0.1) is 11.8 Å². The number of carboxylic acids is 1. The molecule has 1 amide bonds. The van der Waals surface area contributed by atoms with E-state index < -0.39 is 5.97 Å². The lowest BCUT2D eigenvalue weighted by molar-refractivity contribution is -0.136. The van der Waals surface area contributed by atoms with Crippen LogP contribution in [0.5, 0.6) is 0 Å². The lowest BCUT2D eigenvalue weighted by Crippen LogP contribution is -2.40. The molecule has 1 N–H and O–H groups in total. The molecule has 0 spiro atoms. The molecule has 1 fully saturated rings. The number of carboxylic acid groups (broad SMARTS) is 1. The molecule has 0 atom stereocenters. The summed E-state index contributed by atoms with van der Waals surface area (Å²) in [5.74, 6) is -1.20. The van der Waals surface area contributed by atoms with Gasteiger partial charge in [-0.1, -0.05) is 11.6 Å². The largest absolute Gasteiger partial charge is 0.481 e. The fourth-order valence-electron chi connectivity index (χ4n) is 3.41. The molecule has 2 heterocycles. The van der Waals surface area contributed by atoms with Crippen molar-refractivity contribution in [1.82, 2.24) is 4.90 Å². The molecule has 1 saturated heterocycles. The number of aliphatic carboxylic acids is 1. The van der Waals surface area contributed by atoms with E-state index in [1.54, 1.807) is 36.1 Å². The molecule has 0 bridgehead atoms. The van der Waals surface area contributed by atoms with E-state index in [1.165, 1.54) is 6.26 Å². The lowest BCUT2D eigenvalue weighted by Gasteiger charge is -2.31. The maximum Gasteiger partial charge on any atom is 0.311 e. The topological polar surface area (TPSA) is 87.8 Å². The second kappa shape index (κ2) is 7.96. The number of hydrogen-bond acceptors (Lipinski definition) is 4. The zero-order chi connectivity index (χ0) is 19.6. The highest BCUT2D eigenvalue weighted by Crippen LogP contribution is 2.26. The van der Waals surface area contributed by atoms with E-state index in [0.717, 1.165) is 0 Å². The lowest BCUT2D eigenvalue weighted by atomic mass is 9.88. The molecule has 1 aliphatic rings. The summed E-state index contributed by atoms with van der Waals surface area (Å²) in [6, 6.07) is 6.82. The molecule has 0 radical (unpaired) electrons. The number of amides is 1. The molecule has 1 aromatic heterocycles. The number of carbonyl (C=O) groups excluding carboxylic acids is 2. The molecule has 27 heavy (non-hydrogen) atoms. The number of nitrogens with zero attached hydrogens (tertiary/aromatic N) is 1. The van der Waals surface area contributed by atoms with Crippen molar-refractivity contribution in [2.24, 2.45) is 5.92 Å². The van der Waals surface area contributed by atoms with Gasteiger partial charge in [-0.3, -0.25) is 14.4 Å². The van der Waals surface area contributed by atoms with Gasteiger partial charge in [0.25, 0.3) is 5.91 Å². The van der Waals surface area contributed by atoms with E-state index in [-0.39, 0.29) is 29.8 Å². The van der Waals surface area contributed by atoms with Crippen molar-refractivity contribution in [3.63, 3.8) is 0 Å². The summed E-state index contributed by atoms with van der Waals surface area (Å²) < 4.78 is 5.25. The minimum absolute atomic E-state index is 0.0600. The van der Waals surface area contributed by atoms with Gasteiger partial charge in [-0.05, 0) is 44.0 Å². The van der Waals surface area contributed by atoms with Gasteiger partial charge in [-0.2, -0.15) is 0 Å². The Morgan fingerprint density at radius 1 is 1.19 bits per heavy atom. The van der Waals surface area contributed by atoms with Gasteiger partial charge in [0, 0.05) is 35.2 Å². The number of aryl methyl sites for hydroxylation is 1. The number of piperidine rings is 1. The maximum absolute atomic E-state index is 12.8. The SMILES string of the molecule is Cc1coc(CC(=O)O)c1C(=O)N1CCC(C(=O)c2ccc(Cl)cc2)CC1. The molecule has 0 saturated carbocycles. The predicted molar refractivity (Wildman–Crippen MR) is 99.2 cm³/mol. The van der Waals surface area contributed by atoms with E-state index in [0.29, 0.717) is 47.6 Å². The predicted octanol–water partition coefficient (Wildman–Crippen LogP) is 3.60. The molecule has 1 aromatic carbocycles. The summed E-state index contributed by atoms with van der Waals surface area (Å²) in [7, 11) is 0. The second-order valence-electron chi connectivity index (χ2n) is 6.73. The highest BCUT2D eigenvalue weighted by molar-refractivity contribution is 6.30. The molecule has 0 unspecified atom stereocenters. The van der Waals surface area contributed by atoms with Gasteiger partial charge >= 0.3 is 5.97 Å². The van der Waals surface area contributed by atoms with Crippen LogP contribution >= 0.6 is 11.6 Å². The van der Waals surface area contributed by atoms with E-state index in [4.69, 9.17) is 21.1 Å². The molecule has 6 nitrogen and oxygen atoms in total. The third-order valence-electron chi connectivity index (χ3n) is 4.86. The van der Waals surface area contributed by atoms with Crippen molar-refractivity contribution in [3.8, 4) is 0 Å². The van der Waals surface area contributed by atoms with E-state index in [2.05, 4.69) is 0 Å². The summed E-state index contributed by atoms with van der Waals surface area (Å²) >= 11 is 5.86. The molecule has 1 aliphatic heterocycles. The first-order valence-electron chi connectivity index (χ1n) is 8.74. The van der Waals surface area contributed by atoms with E-state index in [1.807, 2.05) is 0 Å². The van der Waals surface area contributed by atoms with E-state index in [9.17, 15) is 14.4 Å². The van der Waals surface area contributed by atoms with Crippen molar-refractivity contribution >= 4 is 29.3 Å². The molecular formula is C20H20ClNO5. The minimum Gasteiger partial charge on any atom is -0.481 e. The van der Waals surface area contributed by atoms with Crippen molar-refractivity contribution in [2.75, 3.05) is 13.1 Å². The third-order valence-corrected chi connectivity index (χ3v) is 5.11. The van der Waals surface area contributed by atoms with Gasteiger partial charge in [0.1, 0.15) is 12.2 Å². The molecule has 2 aromatic rings. The van der Waals surface area contributed by atoms with Crippen molar-refractivity contribution in [3.05, 3.63) is 58.0 Å². The number of carbonyl (C=O) groups is 3. The molecule has 0 aliphatic carbocycles. The number of benzene rings is 1. The van der Waals surface area contributed by atoms with Crippen LogP contribution in [0.1, 0.15) is 44.9 Å². The molecule has 3 rings (SSSR count). The number of ketones is 1. The van der Waals surface area contributed by atoms with Crippen LogP contribution in [-0.4, -0.2) is 40.8 Å². The Balaban J connectivity index is 1.66. The Morgan fingerprint density at radius 2 is 1.81 bits per heavy atom. The van der Waals surface area contributed by atoms with Crippen molar-refractivity contribution in [1.29, 1.82) is 0 Å². The standard InChI is InChI=1S/C20H20ClNO5/c1-12-11-27-16(10-17(23)24)18(12)20(26)22-8-6-14(7-9-22)19(25)13-2-4-15(21)5-3-13/h2-5,11,14H,6-10H2,1H3,(H,23,24). The Morgan fingerprint density at radius 3 is 2.41 bits per heavy atom. The summed E-state index contributed by atoms with van der Waals surface area (Å²) in [6.45, 7) is 2.61. The second-order valence-corrected chi connectivity index (χ2v) is 7.16. The van der Waals surface area contributed by atoms with Gasteiger partial charge in [0.2, 0.25) is 0 Å². The first kappa shape index (κ1) is 19.2. The molecular weight excluding hydrogens is 370 g/mol. The number of halogens is 1. The number of rotatable bonds is 5. The number of furan rings is 1. The van der Waals surface area contributed by atoms with Crippen LogP contribution < -0.4 is 0 Å². The van der Waals surface area contributed by atoms with Gasteiger partial charge in [-0.15, -0.1) is 0 Å². The van der Waals surface area contributed by atoms with Gasteiger partial charge in [-0.25, -0.2) is 0 Å². The van der Waals surface area contributed by atoms with Crippen LogP contribution in [0.15, 0.2) is 34.9 Å². The normalized spacial score (nSPS) is 15.0. The smallest absolute Gasteiger partial charge is 0.311 e. The zero-order valence-corrected chi connectivity index (χ0v) is 15.7. The van der Waals surface area contributed by atoms with Crippen LogP contribution in [0.4, 0.5) is 0 Å². The number of Topliss-reactive ketones (excluding diaryl/α,β-unsaturated/α-hetero) is 1. The highest BCUT2D eigenvalue weighted by Gasteiger charge is 2.31. The molecule has 7 heteroatoms. The third kappa shape index (κ3) is 4.22. The fraction of sp³-hybridized carbons (Fsp3) is 0.350. The Bertz CT molecular complexity index is 863. The van der Waals surface area contributed by atoms with Gasteiger partial charge in [0.15, 0.2) is 5.78 Å². The summed E-state index contributed by atoms with van der Waals surface area (Å²) in [6.07, 6.45) is 2.21. The average Bonchev–Trinajstić information content (AvgIpc) is 3.01. The van der Waals surface area contributed by atoms with Crippen LogP contribution in [0.2, 0.25) is 5.02 Å². The van der Waals surface area contributed by atoms with E-state index >= 15 is 0 Å². The van der Waals surface area contributed by atoms with Crippen LogP contribution in [-0.2, 0) is 11.2 Å². The van der Waals surface area contributed by atoms with Crippen LogP contribution in [0.3, 0.4) is 0 Å². The zero-order valence-electron chi connectivity index (χ0n) is 14.9. The Hall–Kier alpha value is -2.60. The summed E-state index contributed by atoms with van der Waals surface area (Å²) in [4.78, 5) is 38.1. The monoisotopic (exact) mass is 389 g/mol. The number of hydrogen-bond donors (Lipinski definition) is 1. The van der Waals surface area contributed by atoms with Crippen LogP contribution in [0, 0.1) is 12.8 Å². The Labute approximate surface area is 161 Å². The van der Waals surface area contributed by atoms with Crippen molar-refractivity contribution < 1.29 is 23.9 Å². The van der Waals surface area contributed by atoms with Crippen LogP contribution in [0.25, 0.3) is 0 Å². The fourth-order valence-corrected chi connectivity index (χ4v) is 3.53. The Kier molecular flexibility index (Phi) is 5.65. The molecule has 142 valence electrons. The summed E-state index contributed by atoms with van der Waals surface area (Å²) in [5, 5.41) is 9.57. The number of likely N-dealkylation sites (tertiary alicyclic amines) is 1. The first-order chi connectivity index (χ1) is 12.9. The average molecular weight is 390 g/mol. The van der Waals surface area contributed by atoms with Gasteiger partial charge < -0.3 is 14.4 Å². The summed E-state index contributed by atoms with van der Waals surface area (Å²) in [5.41, 5.74) is 1.56. The minimum atomic E-state index is -1.05.